The summed E-state index contributed by atoms with van der Waals surface area (Å²) in [6, 6.07) is 40.6. The molecule has 41 heavy (non-hydrogen) atoms. The molecule has 0 aliphatic rings. The van der Waals surface area contributed by atoms with E-state index in [9.17, 15) is 0 Å². The molecule has 0 saturated carbocycles. The van der Waals surface area contributed by atoms with Gasteiger partial charge in [-0.2, -0.15) is 0 Å². The van der Waals surface area contributed by atoms with Crippen molar-refractivity contribution >= 4 is 11.8 Å². The molecule has 0 saturated heterocycles. The Morgan fingerprint density at radius 3 is 1.90 bits per heavy atom. The van der Waals surface area contributed by atoms with E-state index in [1.165, 1.54) is 16.8 Å². The standard InChI is InChI=1S/C36H39N3OS/c1-3-4-24-39-34(35(31-16-10-6-11-17-31)37-36(39)32-18-12-7-13-19-32)27-38(25-29-14-8-5-9-15-29)26-30-20-22-33(23-21-30)40-28-41-2/h5-23H,3-4,24-28H2,1-2H3. The van der Waals surface area contributed by atoms with E-state index in [1.54, 1.807) is 11.8 Å². The maximum Gasteiger partial charge on any atom is 0.140 e. The second-order valence-electron chi connectivity index (χ2n) is 10.3. The summed E-state index contributed by atoms with van der Waals surface area (Å²) in [6.07, 6.45) is 4.28. The molecule has 5 heteroatoms. The highest BCUT2D eigenvalue weighted by Crippen LogP contribution is 2.32. The smallest absolute Gasteiger partial charge is 0.140 e. The number of hydrogen-bond donors (Lipinski definition) is 0. The highest BCUT2D eigenvalue weighted by Gasteiger charge is 2.22. The van der Waals surface area contributed by atoms with Crippen molar-refractivity contribution < 1.29 is 4.74 Å². The van der Waals surface area contributed by atoms with E-state index in [1.807, 2.05) is 6.26 Å². The molecule has 0 bridgehead atoms. The van der Waals surface area contributed by atoms with Crippen molar-refractivity contribution in [2.45, 2.75) is 45.9 Å². The molecule has 0 spiro atoms. The number of ether oxygens (including phenoxy) is 1. The molecule has 4 aromatic carbocycles. The Hall–Kier alpha value is -3.80. The van der Waals surface area contributed by atoms with Crippen molar-refractivity contribution in [3.63, 3.8) is 0 Å². The topological polar surface area (TPSA) is 30.3 Å². The lowest BCUT2D eigenvalue weighted by Crippen LogP contribution is -2.24. The highest BCUT2D eigenvalue weighted by molar-refractivity contribution is 7.98. The highest BCUT2D eigenvalue weighted by atomic mass is 32.2. The lowest BCUT2D eigenvalue weighted by molar-refractivity contribution is 0.241. The van der Waals surface area contributed by atoms with Crippen LogP contribution in [0.2, 0.25) is 0 Å². The molecule has 0 aliphatic carbocycles. The number of rotatable bonds is 14. The van der Waals surface area contributed by atoms with E-state index in [-0.39, 0.29) is 0 Å². The molecule has 0 radical (unpaired) electrons. The van der Waals surface area contributed by atoms with Crippen LogP contribution in [0.15, 0.2) is 115 Å². The van der Waals surface area contributed by atoms with Crippen LogP contribution in [0.5, 0.6) is 5.75 Å². The first kappa shape index (κ1) is 28.7. The predicted molar refractivity (Wildman–Crippen MR) is 173 cm³/mol. The van der Waals surface area contributed by atoms with Gasteiger partial charge in [-0.25, -0.2) is 4.98 Å². The predicted octanol–water partition coefficient (Wildman–Crippen LogP) is 8.92. The SMILES string of the molecule is CCCCn1c(-c2ccccc2)nc(-c2ccccc2)c1CN(Cc1ccccc1)Cc1ccc(OCSC)cc1. The number of thioether (sulfide) groups is 1. The molecule has 210 valence electrons. The number of unbranched alkanes of at least 4 members (excludes halogenated alkanes) is 1. The van der Waals surface area contributed by atoms with Crippen LogP contribution in [0.3, 0.4) is 0 Å². The van der Waals surface area contributed by atoms with Crippen LogP contribution >= 0.6 is 11.8 Å². The third-order valence-corrected chi connectivity index (χ3v) is 7.54. The second kappa shape index (κ2) is 14.7. The number of nitrogens with zero attached hydrogens (tertiary/aromatic N) is 3. The van der Waals surface area contributed by atoms with Crippen molar-refractivity contribution in [2.75, 3.05) is 12.2 Å². The molecule has 0 atom stereocenters. The van der Waals surface area contributed by atoms with E-state index in [0.717, 1.165) is 67.4 Å². The van der Waals surface area contributed by atoms with E-state index in [0.29, 0.717) is 5.94 Å². The van der Waals surface area contributed by atoms with Crippen LogP contribution < -0.4 is 4.74 Å². The summed E-state index contributed by atoms with van der Waals surface area (Å²) in [5.41, 5.74) is 7.21. The van der Waals surface area contributed by atoms with Gasteiger partial charge in [-0.1, -0.05) is 116 Å². The average molecular weight is 562 g/mol. The van der Waals surface area contributed by atoms with E-state index in [4.69, 9.17) is 9.72 Å². The van der Waals surface area contributed by atoms with E-state index >= 15 is 0 Å². The first-order chi connectivity index (χ1) is 20.2. The Balaban J connectivity index is 1.55. The molecule has 0 fully saturated rings. The largest absolute Gasteiger partial charge is 0.483 e. The van der Waals surface area contributed by atoms with Gasteiger partial charge < -0.3 is 9.30 Å². The van der Waals surface area contributed by atoms with Gasteiger partial charge in [0.15, 0.2) is 0 Å². The summed E-state index contributed by atoms with van der Waals surface area (Å²) in [6.45, 7) is 5.65. The Morgan fingerprint density at radius 2 is 1.29 bits per heavy atom. The first-order valence-corrected chi connectivity index (χ1v) is 15.8. The fourth-order valence-electron chi connectivity index (χ4n) is 5.14. The third kappa shape index (κ3) is 7.69. The summed E-state index contributed by atoms with van der Waals surface area (Å²) in [7, 11) is 0. The number of aromatic nitrogens is 2. The molecule has 0 N–H and O–H groups in total. The molecule has 5 rings (SSSR count). The first-order valence-electron chi connectivity index (χ1n) is 14.4. The Bertz CT molecular complexity index is 1470. The molecule has 0 unspecified atom stereocenters. The zero-order valence-electron chi connectivity index (χ0n) is 24.1. The van der Waals surface area contributed by atoms with Gasteiger partial charge in [0.1, 0.15) is 17.5 Å². The van der Waals surface area contributed by atoms with Crippen molar-refractivity contribution in [1.82, 2.24) is 14.5 Å². The number of imidazole rings is 1. The van der Waals surface area contributed by atoms with Crippen molar-refractivity contribution in [3.8, 4) is 28.4 Å². The van der Waals surface area contributed by atoms with Crippen LogP contribution in [0.4, 0.5) is 0 Å². The van der Waals surface area contributed by atoms with Crippen LogP contribution in [-0.2, 0) is 26.2 Å². The minimum Gasteiger partial charge on any atom is -0.483 e. The molecule has 1 heterocycles. The fourth-order valence-corrected chi connectivity index (χ4v) is 5.39. The van der Waals surface area contributed by atoms with Gasteiger partial charge in [0, 0.05) is 37.3 Å². The van der Waals surface area contributed by atoms with Gasteiger partial charge in [0.05, 0.1) is 11.4 Å². The Labute approximate surface area is 249 Å². The van der Waals surface area contributed by atoms with Crippen molar-refractivity contribution in [1.29, 1.82) is 0 Å². The summed E-state index contributed by atoms with van der Waals surface area (Å²) < 4.78 is 8.28. The van der Waals surface area contributed by atoms with Gasteiger partial charge in [-0.15, -0.1) is 11.8 Å². The average Bonchev–Trinajstić information content (AvgIpc) is 3.38. The van der Waals surface area contributed by atoms with Gasteiger partial charge in [0.25, 0.3) is 0 Å². The van der Waals surface area contributed by atoms with Crippen LogP contribution in [0.1, 0.15) is 36.6 Å². The molecule has 5 aromatic rings. The summed E-state index contributed by atoms with van der Waals surface area (Å²) >= 11 is 1.68. The van der Waals surface area contributed by atoms with Crippen molar-refractivity contribution in [3.05, 3.63) is 132 Å². The van der Waals surface area contributed by atoms with Crippen LogP contribution in [0, 0.1) is 0 Å². The van der Waals surface area contributed by atoms with E-state index < -0.39 is 0 Å². The molecule has 1 aromatic heterocycles. The summed E-state index contributed by atoms with van der Waals surface area (Å²) in [5.74, 6) is 2.62. The quantitative estimate of drug-likeness (QED) is 0.127. The van der Waals surface area contributed by atoms with Gasteiger partial charge in [-0.3, -0.25) is 4.90 Å². The fraction of sp³-hybridized carbons (Fsp3) is 0.250. The lowest BCUT2D eigenvalue weighted by atomic mass is 10.1. The lowest BCUT2D eigenvalue weighted by Gasteiger charge is -2.25. The van der Waals surface area contributed by atoms with Crippen LogP contribution in [0.25, 0.3) is 22.6 Å². The van der Waals surface area contributed by atoms with Gasteiger partial charge in [0.2, 0.25) is 0 Å². The molecular formula is C36H39N3OS. The zero-order valence-corrected chi connectivity index (χ0v) is 24.9. The minimum atomic E-state index is 0.660. The Kier molecular flexibility index (Phi) is 10.3. The Morgan fingerprint density at radius 1 is 0.707 bits per heavy atom. The van der Waals surface area contributed by atoms with Gasteiger partial charge in [-0.05, 0) is 35.9 Å². The van der Waals surface area contributed by atoms with Gasteiger partial charge >= 0.3 is 0 Å². The maximum absolute atomic E-state index is 5.81. The second-order valence-corrected chi connectivity index (χ2v) is 11.1. The maximum atomic E-state index is 5.81. The zero-order chi connectivity index (χ0) is 28.3. The number of hydrogen-bond acceptors (Lipinski definition) is 4. The molecule has 0 amide bonds. The van der Waals surface area contributed by atoms with E-state index in [2.05, 4.69) is 132 Å². The molecular weight excluding hydrogens is 522 g/mol. The molecule has 4 nitrogen and oxygen atoms in total. The molecule has 0 aliphatic heterocycles. The minimum absolute atomic E-state index is 0.660. The van der Waals surface area contributed by atoms with Crippen molar-refractivity contribution in [2.24, 2.45) is 0 Å². The third-order valence-electron chi connectivity index (χ3n) is 7.18. The summed E-state index contributed by atoms with van der Waals surface area (Å²) in [5, 5.41) is 0. The summed E-state index contributed by atoms with van der Waals surface area (Å²) in [4.78, 5) is 7.86. The van der Waals surface area contributed by atoms with Crippen LogP contribution in [-0.4, -0.2) is 26.6 Å². The monoisotopic (exact) mass is 561 g/mol. The normalized spacial score (nSPS) is 11.2. The number of benzene rings is 4.